The van der Waals surface area contributed by atoms with Crippen LogP contribution in [0.1, 0.15) is 39.5 Å². The highest BCUT2D eigenvalue weighted by molar-refractivity contribution is 5.74. The van der Waals surface area contributed by atoms with Crippen LogP contribution in [-0.4, -0.2) is 54.1 Å². The van der Waals surface area contributed by atoms with Gasteiger partial charge in [-0.2, -0.15) is 0 Å². The van der Waals surface area contributed by atoms with Gasteiger partial charge in [0.05, 0.1) is 0 Å². The van der Waals surface area contributed by atoms with Gasteiger partial charge in [0.2, 0.25) is 0 Å². The number of carbonyl (C=O) groups is 1. The molecule has 1 N–H and O–H groups in total. The second-order valence-electron chi connectivity index (χ2n) is 5.33. The molecule has 2 amide bonds. The molecule has 0 spiro atoms. The van der Waals surface area contributed by atoms with Gasteiger partial charge in [0.15, 0.2) is 0 Å². The zero-order valence-corrected chi connectivity index (χ0v) is 11.3. The third kappa shape index (κ3) is 2.57. The summed E-state index contributed by atoms with van der Waals surface area (Å²) in [6, 6.07) is 1.92. The Morgan fingerprint density at radius 1 is 1.18 bits per heavy atom. The Morgan fingerprint density at radius 2 is 1.71 bits per heavy atom. The number of rotatable bonds is 3. The highest BCUT2D eigenvalue weighted by Crippen LogP contribution is 2.29. The Balaban J connectivity index is 1.95. The Kier molecular flexibility index (Phi) is 3.92. The van der Waals surface area contributed by atoms with E-state index in [4.69, 9.17) is 0 Å². The average molecular weight is 239 g/mol. The summed E-state index contributed by atoms with van der Waals surface area (Å²) in [6.45, 7) is 5.69. The van der Waals surface area contributed by atoms with E-state index < -0.39 is 0 Å². The summed E-state index contributed by atoms with van der Waals surface area (Å²) in [7, 11) is 1.97. The van der Waals surface area contributed by atoms with Crippen molar-refractivity contribution in [3.63, 3.8) is 0 Å². The summed E-state index contributed by atoms with van der Waals surface area (Å²) >= 11 is 0. The van der Waals surface area contributed by atoms with Gasteiger partial charge < -0.3 is 15.1 Å². The van der Waals surface area contributed by atoms with Gasteiger partial charge in [-0.25, -0.2) is 4.79 Å². The first-order valence-electron chi connectivity index (χ1n) is 6.93. The maximum Gasteiger partial charge on any atom is 0.319 e. The minimum absolute atomic E-state index is 0.196. The Morgan fingerprint density at radius 3 is 2.18 bits per heavy atom. The third-order valence-electron chi connectivity index (χ3n) is 4.33. The zero-order valence-electron chi connectivity index (χ0n) is 11.3. The molecule has 0 radical (unpaired) electrons. The van der Waals surface area contributed by atoms with Crippen molar-refractivity contribution in [1.29, 1.82) is 0 Å². The first kappa shape index (κ1) is 12.7. The van der Waals surface area contributed by atoms with Gasteiger partial charge in [0.1, 0.15) is 0 Å². The predicted octanol–water partition coefficient (Wildman–Crippen LogP) is 1.66. The monoisotopic (exact) mass is 239 g/mol. The number of fused-ring (bicyclic) bond motifs is 2. The fourth-order valence-corrected chi connectivity index (χ4v) is 3.22. The molecule has 2 fully saturated rings. The van der Waals surface area contributed by atoms with Crippen molar-refractivity contribution in [3.05, 3.63) is 0 Å². The number of hydrogen-bond donors (Lipinski definition) is 1. The number of hydrogen-bond acceptors (Lipinski definition) is 2. The molecule has 2 aliphatic rings. The van der Waals surface area contributed by atoms with Gasteiger partial charge in [-0.05, 0) is 39.5 Å². The van der Waals surface area contributed by atoms with Crippen LogP contribution < -0.4 is 5.32 Å². The molecule has 0 aliphatic carbocycles. The van der Waals surface area contributed by atoms with E-state index in [1.807, 2.05) is 30.7 Å². The van der Waals surface area contributed by atoms with Crippen molar-refractivity contribution in [2.75, 3.05) is 20.1 Å². The van der Waals surface area contributed by atoms with Crippen LogP contribution in [0.15, 0.2) is 0 Å². The molecule has 4 heteroatoms. The molecule has 17 heavy (non-hydrogen) atoms. The van der Waals surface area contributed by atoms with E-state index in [2.05, 4.69) is 5.32 Å². The van der Waals surface area contributed by atoms with Gasteiger partial charge in [0, 0.05) is 38.3 Å². The second kappa shape index (κ2) is 5.25. The van der Waals surface area contributed by atoms with E-state index in [0.29, 0.717) is 18.1 Å². The van der Waals surface area contributed by atoms with Crippen molar-refractivity contribution in [2.45, 2.75) is 57.7 Å². The van der Waals surface area contributed by atoms with Crippen LogP contribution in [-0.2, 0) is 0 Å². The summed E-state index contributed by atoms with van der Waals surface area (Å²) in [5.41, 5.74) is 0. The van der Waals surface area contributed by atoms with Gasteiger partial charge >= 0.3 is 6.03 Å². The normalized spacial score (nSPS) is 31.4. The zero-order chi connectivity index (χ0) is 12.4. The first-order chi connectivity index (χ1) is 8.15. The molecule has 0 aromatic heterocycles. The molecule has 2 heterocycles. The molecule has 0 saturated carbocycles. The standard InChI is InChI=1S/C13H25N3O/c1-4-16(5-2)13(17)15(3)12-8-10-6-7-11(9-12)14-10/h10-12,14H,4-9H2,1-3H3. The van der Waals surface area contributed by atoms with Crippen LogP contribution >= 0.6 is 0 Å². The molecule has 2 rings (SSSR count). The van der Waals surface area contributed by atoms with E-state index in [0.717, 1.165) is 25.9 Å². The number of nitrogens with zero attached hydrogens (tertiary/aromatic N) is 2. The largest absolute Gasteiger partial charge is 0.325 e. The topological polar surface area (TPSA) is 35.6 Å². The van der Waals surface area contributed by atoms with Crippen molar-refractivity contribution in [2.24, 2.45) is 0 Å². The van der Waals surface area contributed by atoms with Crippen molar-refractivity contribution in [3.8, 4) is 0 Å². The van der Waals surface area contributed by atoms with E-state index in [1.54, 1.807) is 0 Å². The van der Waals surface area contributed by atoms with Gasteiger partial charge in [0.25, 0.3) is 0 Å². The summed E-state index contributed by atoms with van der Waals surface area (Å²) < 4.78 is 0. The van der Waals surface area contributed by atoms with Crippen molar-refractivity contribution < 1.29 is 4.79 Å². The van der Waals surface area contributed by atoms with Gasteiger partial charge in [-0.15, -0.1) is 0 Å². The summed E-state index contributed by atoms with van der Waals surface area (Å²) in [5, 5.41) is 3.62. The number of carbonyl (C=O) groups excluding carboxylic acids is 1. The second-order valence-corrected chi connectivity index (χ2v) is 5.33. The smallest absolute Gasteiger partial charge is 0.319 e. The average Bonchev–Trinajstić information content (AvgIpc) is 2.68. The predicted molar refractivity (Wildman–Crippen MR) is 69.0 cm³/mol. The van der Waals surface area contributed by atoms with Crippen LogP contribution in [0.2, 0.25) is 0 Å². The minimum Gasteiger partial charge on any atom is -0.325 e. The lowest BCUT2D eigenvalue weighted by Gasteiger charge is -2.37. The third-order valence-corrected chi connectivity index (χ3v) is 4.33. The number of nitrogens with one attached hydrogen (secondary N) is 1. The quantitative estimate of drug-likeness (QED) is 0.813. The highest BCUT2D eigenvalue weighted by atomic mass is 16.2. The van der Waals surface area contributed by atoms with Crippen LogP contribution in [0, 0.1) is 0 Å². The molecular formula is C13H25N3O. The molecule has 2 saturated heterocycles. The molecule has 2 atom stereocenters. The maximum absolute atomic E-state index is 12.3. The first-order valence-corrected chi connectivity index (χ1v) is 6.93. The summed E-state index contributed by atoms with van der Waals surface area (Å²) in [5.74, 6) is 0. The molecule has 0 aromatic carbocycles. The maximum atomic E-state index is 12.3. The SMILES string of the molecule is CCN(CC)C(=O)N(C)C1CC2CCC(C1)N2. The summed E-state index contributed by atoms with van der Waals surface area (Å²) in [4.78, 5) is 16.1. The Labute approximate surface area is 104 Å². The van der Waals surface area contributed by atoms with Gasteiger partial charge in [-0.1, -0.05) is 0 Å². The van der Waals surface area contributed by atoms with E-state index in [9.17, 15) is 4.79 Å². The number of piperidine rings is 1. The molecule has 2 aliphatic heterocycles. The lowest BCUT2D eigenvalue weighted by molar-refractivity contribution is 0.132. The molecule has 2 unspecified atom stereocenters. The van der Waals surface area contributed by atoms with Crippen molar-refractivity contribution >= 4 is 6.03 Å². The fourth-order valence-electron chi connectivity index (χ4n) is 3.22. The van der Waals surface area contributed by atoms with Crippen molar-refractivity contribution in [1.82, 2.24) is 15.1 Å². The summed E-state index contributed by atoms with van der Waals surface area (Å²) in [6.07, 6.45) is 4.82. The molecule has 98 valence electrons. The molecular weight excluding hydrogens is 214 g/mol. The highest BCUT2D eigenvalue weighted by Gasteiger charge is 2.36. The van der Waals surface area contributed by atoms with E-state index in [1.165, 1.54) is 12.8 Å². The van der Waals surface area contributed by atoms with E-state index >= 15 is 0 Å². The lowest BCUT2D eigenvalue weighted by Crippen LogP contribution is -2.52. The number of amides is 2. The van der Waals surface area contributed by atoms with Crippen LogP contribution in [0.25, 0.3) is 0 Å². The Bertz CT molecular complexity index is 266. The van der Waals surface area contributed by atoms with Crippen LogP contribution in [0.4, 0.5) is 4.79 Å². The number of urea groups is 1. The molecule has 2 bridgehead atoms. The fraction of sp³-hybridized carbons (Fsp3) is 0.923. The molecule has 0 aromatic rings. The van der Waals surface area contributed by atoms with Gasteiger partial charge in [-0.3, -0.25) is 0 Å². The minimum atomic E-state index is 0.196. The Hall–Kier alpha value is -0.770. The van der Waals surface area contributed by atoms with Crippen LogP contribution in [0.5, 0.6) is 0 Å². The molecule has 4 nitrogen and oxygen atoms in total. The lowest BCUT2D eigenvalue weighted by atomic mass is 9.99. The van der Waals surface area contributed by atoms with E-state index in [-0.39, 0.29) is 6.03 Å². The van der Waals surface area contributed by atoms with Crippen LogP contribution in [0.3, 0.4) is 0 Å².